The van der Waals surface area contributed by atoms with Gasteiger partial charge in [0.2, 0.25) is 5.71 Å². The standard InChI is InChI=1S/C10H13N4O2/c1-6(2)4-14-8-7(11-5-12-8)9(15)13(3)10(14)16/h5-6H,4H2,1-3H3/q+1. The Bertz CT molecular complexity index is 459. The third-order valence-electron chi connectivity index (χ3n) is 2.41. The summed E-state index contributed by atoms with van der Waals surface area (Å²) in [6.07, 6.45) is 1.31. The number of rotatable bonds is 2. The highest BCUT2D eigenvalue weighted by atomic mass is 16.2. The van der Waals surface area contributed by atoms with Gasteiger partial charge in [-0.05, 0) is 5.92 Å². The molecule has 0 spiro atoms. The predicted octanol–water partition coefficient (Wildman–Crippen LogP) is 0.128. The smallest absolute Gasteiger partial charge is 0.248 e. The summed E-state index contributed by atoms with van der Waals surface area (Å²) in [5, 5.41) is 0. The zero-order chi connectivity index (χ0) is 11.9. The summed E-state index contributed by atoms with van der Waals surface area (Å²) >= 11 is 0. The van der Waals surface area contributed by atoms with Crippen LogP contribution in [0.4, 0.5) is 4.79 Å². The van der Waals surface area contributed by atoms with Gasteiger partial charge in [0.15, 0.2) is 6.34 Å². The van der Waals surface area contributed by atoms with Crippen LogP contribution in [-0.4, -0.2) is 52.9 Å². The van der Waals surface area contributed by atoms with E-state index in [1.807, 2.05) is 13.8 Å². The van der Waals surface area contributed by atoms with Gasteiger partial charge in [-0.3, -0.25) is 0 Å². The normalized spacial score (nSPS) is 19.8. The van der Waals surface area contributed by atoms with Gasteiger partial charge in [-0.25, -0.2) is 14.6 Å². The summed E-state index contributed by atoms with van der Waals surface area (Å²) in [6.45, 7) is 4.53. The van der Waals surface area contributed by atoms with E-state index in [0.717, 1.165) is 4.90 Å². The van der Waals surface area contributed by atoms with Crippen molar-refractivity contribution in [3.8, 4) is 0 Å². The van der Waals surface area contributed by atoms with Crippen molar-refractivity contribution in [3.63, 3.8) is 0 Å². The van der Waals surface area contributed by atoms with Crippen LogP contribution >= 0.6 is 0 Å². The number of urea groups is 1. The average molecular weight is 221 g/mol. The van der Waals surface area contributed by atoms with Crippen molar-refractivity contribution in [2.24, 2.45) is 15.9 Å². The Kier molecular flexibility index (Phi) is 2.41. The number of nitrogens with zero attached hydrogens (tertiary/aromatic N) is 4. The molecule has 0 aliphatic carbocycles. The van der Waals surface area contributed by atoms with E-state index in [9.17, 15) is 9.59 Å². The number of hydrogen-bond acceptors (Lipinski definition) is 4. The van der Waals surface area contributed by atoms with E-state index in [2.05, 4.69) is 9.98 Å². The van der Waals surface area contributed by atoms with Crippen molar-refractivity contribution < 1.29 is 14.2 Å². The lowest BCUT2D eigenvalue weighted by Crippen LogP contribution is -2.53. The first kappa shape index (κ1) is 10.7. The number of aliphatic imine (C=N–C) groups is 2. The van der Waals surface area contributed by atoms with Crippen molar-refractivity contribution in [1.82, 2.24) is 4.90 Å². The molecule has 6 heteroatoms. The minimum atomic E-state index is -0.391. The summed E-state index contributed by atoms with van der Waals surface area (Å²) in [5.41, 5.74) is 0.253. The Hall–Kier alpha value is -1.85. The molecule has 2 aliphatic rings. The summed E-state index contributed by atoms with van der Waals surface area (Å²) < 4.78 is 1.49. The van der Waals surface area contributed by atoms with Crippen molar-refractivity contribution in [2.75, 3.05) is 13.6 Å². The van der Waals surface area contributed by atoms with E-state index in [1.54, 1.807) is 0 Å². The quantitative estimate of drug-likeness (QED) is 0.622. The number of fused-ring (bicyclic) bond motifs is 1. The first-order chi connectivity index (χ1) is 7.52. The van der Waals surface area contributed by atoms with Crippen molar-refractivity contribution in [2.45, 2.75) is 13.8 Å². The lowest BCUT2D eigenvalue weighted by Gasteiger charge is -2.19. The molecule has 0 fully saturated rings. The van der Waals surface area contributed by atoms with Gasteiger partial charge in [0.1, 0.15) is 0 Å². The average Bonchev–Trinajstić information content (AvgIpc) is 2.69. The molecule has 0 bridgehead atoms. The number of amides is 3. The molecular formula is C10H13N4O2+. The van der Waals surface area contributed by atoms with Gasteiger partial charge in [-0.15, -0.1) is 0 Å². The molecule has 0 atom stereocenters. The number of amidine groups is 1. The fourth-order valence-corrected chi connectivity index (χ4v) is 1.66. The number of carbonyl (C=O) groups excluding carboxylic acids is 2. The maximum Gasteiger partial charge on any atom is 0.446 e. The number of hydrogen-bond donors (Lipinski definition) is 0. The van der Waals surface area contributed by atoms with Gasteiger partial charge in [-0.1, -0.05) is 18.8 Å². The van der Waals surface area contributed by atoms with Gasteiger partial charge in [0.05, 0.1) is 13.6 Å². The Balaban J connectivity index is 2.50. The summed E-state index contributed by atoms with van der Waals surface area (Å²) in [5.74, 6) is 0.286. The lowest BCUT2D eigenvalue weighted by molar-refractivity contribution is -0.442. The summed E-state index contributed by atoms with van der Waals surface area (Å²) in [6, 6.07) is -0.341. The van der Waals surface area contributed by atoms with Crippen LogP contribution in [-0.2, 0) is 4.79 Å². The SMILES string of the molecule is CC(C)C[N+]1=C2N=CN=C2C(=O)N(C)C1=O. The number of carbonyl (C=O) groups is 2. The third-order valence-corrected chi connectivity index (χ3v) is 2.41. The van der Waals surface area contributed by atoms with Gasteiger partial charge >= 0.3 is 17.8 Å². The molecule has 0 aromatic carbocycles. The van der Waals surface area contributed by atoms with E-state index in [1.165, 1.54) is 18.0 Å². The van der Waals surface area contributed by atoms with E-state index < -0.39 is 5.91 Å². The minimum Gasteiger partial charge on any atom is -0.248 e. The van der Waals surface area contributed by atoms with Gasteiger partial charge in [0, 0.05) is 0 Å². The maximum absolute atomic E-state index is 11.9. The van der Waals surface area contributed by atoms with Crippen molar-refractivity contribution >= 4 is 29.8 Å². The molecule has 6 nitrogen and oxygen atoms in total. The minimum absolute atomic E-state index is 0.253. The summed E-state index contributed by atoms with van der Waals surface area (Å²) in [7, 11) is 1.45. The first-order valence-electron chi connectivity index (χ1n) is 5.09. The van der Waals surface area contributed by atoms with Crippen LogP contribution in [0.2, 0.25) is 0 Å². The molecule has 2 heterocycles. The Labute approximate surface area is 93.0 Å². The molecule has 84 valence electrons. The van der Waals surface area contributed by atoms with Crippen LogP contribution in [0.3, 0.4) is 0 Å². The lowest BCUT2D eigenvalue weighted by atomic mass is 10.2. The third kappa shape index (κ3) is 1.46. The molecule has 0 saturated carbocycles. The van der Waals surface area contributed by atoms with Crippen LogP contribution in [0.25, 0.3) is 0 Å². The number of imide groups is 1. The van der Waals surface area contributed by atoms with Crippen LogP contribution in [0.5, 0.6) is 0 Å². The topological polar surface area (TPSA) is 65.1 Å². The zero-order valence-corrected chi connectivity index (χ0v) is 9.47. The zero-order valence-electron chi connectivity index (χ0n) is 9.47. The highest BCUT2D eigenvalue weighted by Gasteiger charge is 2.44. The van der Waals surface area contributed by atoms with Crippen LogP contribution in [0.1, 0.15) is 13.8 Å². The monoisotopic (exact) mass is 221 g/mol. The fraction of sp³-hybridized carbons (Fsp3) is 0.500. The molecular weight excluding hydrogens is 208 g/mol. The Morgan fingerprint density at radius 3 is 2.75 bits per heavy atom. The van der Waals surface area contributed by atoms with E-state index in [-0.39, 0.29) is 11.7 Å². The molecule has 0 aromatic heterocycles. The second-order valence-corrected chi connectivity index (χ2v) is 4.20. The van der Waals surface area contributed by atoms with Crippen LogP contribution in [0.15, 0.2) is 9.98 Å². The summed E-state index contributed by atoms with van der Waals surface area (Å²) in [4.78, 5) is 32.5. The largest absolute Gasteiger partial charge is 0.446 e. The van der Waals surface area contributed by atoms with E-state index in [4.69, 9.17) is 0 Å². The molecule has 16 heavy (non-hydrogen) atoms. The van der Waals surface area contributed by atoms with Crippen molar-refractivity contribution in [1.29, 1.82) is 0 Å². The Morgan fingerprint density at radius 1 is 1.44 bits per heavy atom. The van der Waals surface area contributed by atoms with Gasteiger partial charge in [0.25, 0.3) is 0 Å². The second-order valence-electron chi connectivity index (χ2n) is 4.20. The fourth-order valence-electron chi connectivity index (χ4n) is 1.66. The first-order valence-corrected chi connectivity index (χ1v) is 5.09. The molecule has 0 unspecified atom stereocenters. The van der Waals surface area contributed by atoms with Crippen LogP contribution < -0.4 is 0 Å². The molecule has 0 N–H and O–H groups in total. The second kappa shape index (κ2) is 3.62. The van der Waals surface area contributed by atoms with Crippen molar-refractivity contribution in [3.05, 3.63) is 0 Å². The molecule has 3 amide bonds. The highest BCUT2D eigenvalue weighted by molar-refractivity contribution is 6.69. The van der Waals surface area contributed by atoms with Gasteiger partial charge in [-0.2, -0.15) is 9.48 Å². The van der Waals surface area contributed by atoms with Crippen LogP contribution in [0, 0.1) is 5.92 Å². The molecule has 0 saturated heterocycles. The maximum atomic E-state index is 11.9. The highest BCUT2D eigenvalue weighted by Crippen LogP contribution is 2.10. The van der Waals surface area contributed by atoms with Gasteiger partial charge < -0.3 is 0 Å². The molecule has 0 aromatic rings. The molecule has 0 radical (unpaired) electrons. The Morgan fingerprint density at radius 2 is 2.12 bits per heavy atom. The molecule has 2 aliphatic heterocycles. The van der Waals surface area contributed by atoms with E-state index in [0.29, 0.717) is 18.3 Å². The van der Waals surface area contributed by atoms with E-state index >= 15 is 0 Å². The molecule has 2 rings (SSSR count). The predicted molar refractivity (Wildman–Crippen MR) is 59.1 cm³/mol.